The molecule has 16 heavy (non-hydrogen) atoms. The summed E-state index contributed by atoms with van der Waals surface area (Å²) in [5.41, 5.74) is -0.0869. The third-order valence-corrected chi connectivity index (χ3v) is 2.74. The molecule has 1 aliphatic heterocycles. The van der Waals surface area contributed by atoms with Crippen molar-refractivity contribution in [1.29, 1.82) is 0 Å². The van der Waals surface area contributed by atoms with E-state index in [2.05, 4.69) is 15.6 Å². The molecule has 1 unspecified atom stereocenters. The molecule has 0 spiro atoms. The Bertz CT molecular complexity index is 421. The number of nitrogens with one attached hydrogen (secondary N) is 3. The fourth-order valence-electron chi connectivity index (χ4n) is 1.84. The smallest absolute Gasteiger partial charge is 0.256 e. The van der Waals surface area contributed by atoms with Crippen molar-refractivity contribution < 1.29 is 4.79 Å². The molecule has 1 aromatic rings. The van der Waals surface area contributed by atoms with E-state index in [1.807, 2.05) is 0 Å². The van der Waals surface area contributed by atoms with Gasteiger partial charge in [-0.05, 0) is 19.4 Å². The predicted octanol–water partition coefficient (Wildman–Crippen LogP) is -0.143. The molecule has 0 aliphatic carbocycles. The molecule has 2 rings (SSSR count). The molecule has 0 saturated carbocycles. The predicted molar refractivity (Wildman–Crippen MR) is 60.4 cm³/mol. The molecule has 2 heterocycles. The number of aromatic amines is 1. The van der Waals surface area contributed by atoms with Crippen LogP contribution in [0.3, 0.4) is 0 Å². The van der Waals surface area contributed by atoms with Crippen molar-refractivity contribution in [3.63, 3.8) is 0 Å². The summed E-state index contributed by atoms with van der Waals surface area (Å²) in [7, 11) is 0. The van der Waals surface area contributed by atoms with Crippen molar-refractivity contribution in [2.24, 2.45) is 0 Å². The molecule has 0 bridgehead atoms. The van der Waals surface area contributed by atoms with Gasteiger partial charge in [-0.2, -0.15) is 0 Å². The summed E-state index contributed by atoms with van der Waals surface area (Å²) in [6, 6.07) is 1.69. The van der Waals surface area contributed by atoms with Crippen LogP contribution in [0.2, 0.25) is 0 Å². The monoisotopic (exact) mass is 221 g/mol. The fourth-order valence-corrected chi connectivity index (χ4v) is 1.84. The number of H-pyrrole nitrogens is 1. The number of pyridine rings is 1. The molecule has 1 aliphatic rings. The van der Waals surface area contributed by atoms with Gasteiger partial charge in [-0.1, -0.05) is 0 Å². The lowest BCUT2D eigenvalue weighted by Crippen LogP contribution is -2.38. The summed E-state index contributed by atoms with van der Waals surface area (Å²) in [5.74, 6) is -0.310. The van der Waals surface area contributed by atoms with Crippen LogP contribution in [0.15, 0.2) is 23.3 Å². The minimum atomic E-state index is -0.310. The molecule has 1 amide bonds. The van der Waals surface area contributed by atoms with Gasteiger partial charge in [0.15, 0.2) is 5.43 Å². The first-order valence-electron chi connectivity index (χ1n) is 5.46. The van der Waals surface area contributed by atoms with E-state index in [-0.39, 0.29) is 16.9 Å². The van der Waals surface area contributed by atoms with Crippen molar-refractivity contribution >= 4 is 5.91 Å². The van der Waals surface area contributed by atoms with Crippen LogP contribution in [0.25, 0.3) is 0 Å². The molecule has 0 aromatic carbocycles. The second-order valence-electron chi connectivity index (χ2n) is 3.93. The summed E-state index contributed by atoms with van der Waals surface area (Å²) in [6.07, 6.45) is 5.16. The van der Waals surface area contributed by atoms with Crippen molar-refractivity contribution in [1.82, 2.24) is 15.6 Å². The number of amides is 1. The molecular formula is C11H15N3O2. The van der Waals surface area contributed by atoms with Gasteiger partial charge in [-0.3, -0.25) is 9.59 Å². The molecule has 5 nitrogen and oxygen atoms in total. The van der Waals surface area contributed by atoms with E-state index in [0.29, 0.717) is 12.6 Å². The molecule has 86 valence electrons. The van der Waals surface area contributed by atoms with E-state index in [1.165, 1.54) is 18.5 Å². The number of carbonyl (C=O) groups is 1. The van der Waals surface area contributed by atoms with Gasteiger partial charge in [0.25, 0.3) is 5.91 Å². The summed E-state index contributed by atoms with van der Waals surface area (Å²) in [4.78, 5) is 25.8. The average molecular weight is 221 g/mol. The molecule has 1 fully saturated rings. The van der Waals surface area contributed by atoms with Crippen LogP contribution in [-0.4, -0.2) is 30.0 Å². The Morgan fingerprint density at radius 3 is 3.12 bits per heavy atom. The molecule has 0 radical (unpaired) electrons. The lowest BCUT2D eigenvalue weighted by molar-refractivity contribution is 0.0949. The highest BCUT2D eigenvalue weighted by molar-refractivity contribution is 5.93. The zero-order chi connectivity index (χ0) is 11.4. The Kier molecular flexibility index (Phi) is 3.36. The maximum atomic E-state index is 11.7. The van der Waals surface area contributed by atoms with E-state index in [9.17, 15) is 9.59 Å². The lowest BCUT2D eigenvalue weighted by atomic mass is 10.2. The van der Waals surface area contributed by atoms with Crippen LogP contribution in [0.5, 0.6) is 0 Å². The lowest BCUT2D eigenvalue weighted by Gasteiger charge is -2.10. The van der Waals surface area contributed by atoms with E-state index in [1.54, 1.807) is 0 Å². The molecule has 5 heteroatoms. The summed E-state index contributed by atoms with van der Waals surface area (Å²) in [6.45, 7) is 1.58. The molecular weight excluding hydrogens is 206 g/mol. The van der Waals surface area contributed by atoms with Crippen molar-refractivity contribution in [2.75, 3.05) is 13.1 Å². The van der Waals surface area contributed by atoms with Crippen molar-refractivity contribution in [3.8, 4) is 0 Å². The second-order valence-corrected chi connectivity index (χ2v) is 3.93. The molecule has 3 N–H and O–H groups in total. The van der Waals surface area contributed by atoms with Gasteiger partial charge in [0.2, 0.25) is 0 Å². The minimum Gasteiger partial charge on any atom is -0.367 e. The van der Waals surface area contributed by atoms with Crippen LogP contribution in [-0.2, 0) is 0 Å². The highest BCUT2D eigenvalue weighted by atomic mass is 16.2. The Morgan fingerprint density at radius 1 is 1.56 bits per heavy atom. The fraction of sp³-hybridized carbons (Fsp3) is 0.455. The van der Waals surface area contributed by atoms with Gasteiger partial charge in [-0.25, -0.2) is 0 Å². The van der Waals surface area contributed by atoms with E-state index in [4.69, 9.17) is 0 Å². The van der Waals surface area contributed by atoms with Crippen LogP contribution < -0.4 is 16.1 Å². The highest BCUT2D eigenvalue weighted by Gasteiger charge is 2.16. The highest BCUT2D eigenvalue weighted by Crippen LogP contribution is 2.03. The van der Waals surface area contributed by atoms with Crippen molar-refractivity contribution in [2.45, 2.75) is 18.9 Å². The second kappa shape index (κ2) is 4.94. The number of hydrogen-bond acceptors (Lipinski definition) is 3. The number of carbonyl (C=O) groups excluding carboxylic acids is 1. The van der Waals surface area contributed by atoms with Gasteiger partial charge in [0.1, 0.15) is 5.56 Å². The maximum absolute atomic E-state index is 11.7. The first kappa shape index (κ1) is 10.9. The van der Waals surface area contributed by atoms with E-state index >= 15 is 0 Å². The Balaban J connectivity index is 1.93. The summed E-state index contributed by atoms with van der Waals surface area (Å²) >= 11 is 0. The van der Waals surface area contributed by atoms with Crippen LogP contribution in [0.1, 0.15) is 23.2 Å². The zero-order valence-corrected chi connectivity index (χ0v) is 8.95. The van der Waals surface area contributed by atoms with Crippen molar-refractivity contribution in [3.05, 3.63) is 34.2 Å². The van der Waals surface area contributed by atoms with Crippen LogP contribution in [0, 0.1) is 0 Å². The minimum absolute atomic E-state index is 0.167. The largest absolute Gasteiger partial charge is 0.367 e. The van der Waals surface area contributed by atoms with Gasteiger partial charge < -0.3 is 15.6 Å². The third kappa shape index (κ3) is 2.49. The Morgan fingerprint density at radius 2 is 2.44 bits per heavy atom. The maximum Gasteiger partial charge on any atom is 0.256 e. The Labute approximate surface area is 93.3 Å². The van der Waals surface area contributed by atoms with E-state index < -0.39 is 0 Å². The number of hydrogen-bond donors (Lipinski definition) is 3. The summed E-state index contributed by atoms with van der Waals surface area (Å²) < 4.78 is 0. The topological polar surface area (TPSA) is 74.0 Å². The van der Waals surface area contributed by atoms with E-state index in [0.717, 1.165) is 19.4 Å². The third-order valence-electron chi connectivity index (χ3n) is 2.74. The number of rotatable bonds is 3. The molecule has 1 saturated heterocycles. The first-order chi connectivity index (χ1) is 7.77. The normalized spacial score (nSPS) is 19.6. The van der Waals surface area contributed by atoms with Gasteiger partial charge >= 0.3 is 0 Å². The molecule has 1 aromatic heterocycles. The standard InChI is InChI=1S/C11H15N3O2/c15-10-3-5-12-7-9(10)11(16)14-6-8-2-1-4-13-8/h3,5,7-8,13H,1-2,4,6H2,(H,12,15)(H,14,16). The van der Waals surface area contributed by atoms with Gasteiger partial charge in [-0.15, -0.1) is 0 Å². The number of aromatic nitrogens is 1. The first-order valence-corrected chi connectivity index (χ1v) is 5.46. The average Bonchev–Trinajstić information content (AvgIpc) is 2.79. The van der Waals surface area contributed by atoms with Crippen LogP contribution >= 0.6 is 0 Å². The van der Waals surface area contributed by atoms with Gasteiger partial charge in [0.05, 0.1) is 0 Å². The quantitative estimate of drug-likeness (QED) is 0.665. The summed E-state index contributed by atoms with van der Waals surface area (Å²) in [5, 5.41) is 6.04. The zero-order valence-electron chi connectivity index (χ0n) is 8.95. The van der Waals surface area contributed by atoms with Gasteiger partial charge in [0, 0.05) is 31.0 Å². The SMILES string of the molecule is O=C(NCC1CCCN1)c1c[nH]ccc1=O. The van der Waals surface area contributed by atoms with Crippen LogP contribution in [0.4, 0.5) is 0 Å². The Hall–Kier alpha value is -1.62. The molecule has 1 atom stereocenters.